The van der Waals surface area contributed by atoms with Crippen molar-refractivity contribution in [3.8, 4) is 0 Å². The Morgan fingerprint density at radius 3 is 2.09 bits per heavy atom. The summed E-state index contributed by atoms with van der Waals surface area (Å²) in [5.41, 5.74) is -1.17. The molecular weight excluding hydrogens is 295 g/mol. The van der Waals surface area contributed by atoms with E-state index in [-0.39, 0.29) is 5.91 Å². The Balaban J connectivity index is 1.99. The monoisotopic (exact) mass is 315 g/mol. The maximum Gasteiger partial charge on any atom is 0.417 e. The van der Waals surface area contributed by atoms with Crippen molar-refractivity contribution >= 4 is 11.7 Å². The predicted molar refractivity (Wildman–Crippen MR) is 77.5 cm³/mol. The lowest BCUT2D eigenvalue weighted by molar-refractivity contribution is -0.140. The summed E-state index contributed by atoms with van der Waals surface area (Å²) in [4.78, 5) is 19.8. The second kappa shape index (κ2) is 5.78. The Bertz CT molecular complexity index is 526. The highest BCUT2D eigenvalue weighted by atomic mass is 19.4. The van der Waals surface area contributed by atoms with Gasteiger partial charge in [0.1, 0.15) is 5.82 Å². The van der Waals surface area contributed by atoms with E-state index in [1.165, 1.54) is 6.07 Å². The number of halogens is 3. The van der Waals surface area contributed by atoms with Gasteiger partial charge in [0.2, 0.25) is 5.91 Å². The fourth-order valence-corrected chi connectivity index (χ4v) is 2.35. The summed E-state index contributed by atoms with van der Waals surface area (Å²) in [6.07, 6.45) is -3.52. The molecular formula is C15H20F3N3O. The summed E-state index contributed by atoms with van der Waals surface area (Å²) in [6.45, 7) is 7.87. The molecule has 0 radical (unpaired) electrons. The van der Waals surface area contributed by atoms with E-state index >= 15 is 0 Å². The molecule has 0 aliphatic carbocycles. The van der Waals surface area contributed by atoms with Gasteiger partial charge >= 0.3 is 6.18 Å². The van der Waals surface area contributed by atoms with E-state index in [4.69, 9.17) is 0 Å². The lowest BCUT2D eigenvalue weighted by Gasteiger charge is -2.38. The third kappa shape index (κ3) is 3.69. The number of hydrogen-bond donors (Lipinski definition) is 0. The van der Waals surface area contributed by atoms with Gasteiger partial charge in [-0.2, -0.15) is 13.2 Å². The van der Waals surface area contributed by atoms with Crippen LogP contribution >= 0.6 is 0 Å². The first-order valence-electron chi connectivity index (χ1n) is 7.16. The number of hydrogen-bond acceptors (Lipinski definition) is 3. The average Bonchev–Trinajstić information content (AvgIpc) is 2.45. The summed E-state index contributed by atoms with van der Waals surface area (Å²) < 4.78 is 37.5. The molecule has 1 aliphatic rings. The van der Waals surface area contributed by atoms with Gasteiger partial charge in [0.15, 0.2) is 0 Å². The van der Waals surface area contributed by atoms with Crippen LogP contribution in [-0.4, -0.2) is 42.0 Å². The van der Waals surface area contributed by atoms with Crippen LogP contribution in [0.2, 0.25) is 0 Å². The number of alkyl halides is 3. The van der Waals surface area contributed by atoms with Crippen LogP contribution in [-0.2, 0) is 11.0 Å². The van der Waals surface area contributed by atoms with Crippen molar-refractivity contribution in [3.05, 3.63) is 23.9 Å². The number of anilines is 1. The SMILES string of the molecule is CC(C)(C)C(=O)N1CCN(c2ccc(C(F)(F)F)cn2)CC1. The van der Waals surface area contributed by atoms with Gasteiger partial charge in [-0.1, -0.05) is 20.8 Å². The summed E-state index contributed by atoms with van der Waals surface area (Å²) in [6, 6.07) is 2.42. The molecule has 0 N–H and O–H groups in total. The van der Waals surface area contributed by atoms with Gasteiger partial charge in [-0.3, -0.25) is 4.79 Å². The molecule has 1 aromatic heterocycles. The standard InChI is InChI=1S/C15H20F3N3O/c1-14(2,3)13(22)21-8-6-20(7-9-21)12-5-4-11(10-19-12)15(16,17)18/h4-5,10H,6-9H2,1-3H3. The number of pyridine rings is 1. The quantitative estimate of drug-likeness (QED) is 0.799. The van der Waals surface area contributed by atoms with Crippen molar-refractivity contribution in [1.29, 1.82) is 0 Å². The smallest absolute Gasteiger partial charge is 0.353 e. The van der Waals surface area contributed by atoms with Crippen LogP contribution in [0.1, 0.15) is 26.3 Å². The second-order valence-corrected chi connectivity index (χ2v) is 6.43. The number of amides is 1. The molecule has 2 rings (SSSR count). The van der Waals surface area contributed by atoms with Gasteiger partial charge in [-0.15, -0.1) is 0 Å². The molecule has 0 aromatic carbocycles. The lowest BCUT2D eigenvalue weighted by atomic mass is 9.94. The van der Waals surface area contributed by atoms with Crippen LogP contribution in [0.15, 0.2) is 18.3 Å². The molecule has 0 unspecified atom stereocenters. The van der Waals surface area contributed by atoms with E-state index in [2.05, 4.69) is 4.98 Å². The molecule has 2 heterocycles. The van der Waals surface area contributed by atoms with E-state index < -0.39 is 17.2 Å². The highest BCUT2D eigenvalue weighted by Crippen LogP contribution is 2.29. The third-order valence-electron chi connectivity index (χ3n) is 3.61. The zero-order valence-corrected chi connectivity index (χ0v) is 12.9. The molecule has 0 spiro atoms. The molecule has 1 aromatic rings. The Hall–Kier alpha value is -1.79. The minimum absolute atomic E-state index is 0.0903. The van der Waals surface area contributed by atoms with Crippen molar-refractivity contribution in [1.82, 2.24) is 9.88 Å². The van der Waals surface area contributed by atoms with Crippen molar-refractivity contribution in [2.24, 2.45) is 5.41 Å². The first kappa shape index (κ1) is 16.6. The van der Waals surface area contributed by atoms with Crippen molar-refractivity contribution in [2.45, 2.75) is 26.9 Å². The zero-order valence-electron chi connectivity index (χ0n) is 12.9. The van der Waals surface area contributed by atoms with E-state index in [1.54, 1.807) is 4.90 Å². The largest absolute Gasteiger partial charge is 0.417 e. The van der Waals surface area contributed by atoms with Crippen LogP contribution in [0, 0.1) is 5.41 Å². The van der Waals surface area contributed by atoms with Crippen molar-refractivity contribution in [3.63, 3.8) is 0 Å². The van der Waals surface area contributed by atoms with Crippen LogP contribution in [0.25, 0.3) is 0 Å². The van der Waals surface area contributed by atoms with Gasteiger partial charge in [0.05, 0.1) is 5.56 Å². The van der Waals surface area contributed by atoms with Crippen LogP contribution in [0.4, 0.5) is 19.0 Å². The summed E-state index contributed by atoms with van der Waals surface area (Å²) in [5.74, 6) is 0.600. The molecule has 1 saturated heterocycles. The summed E-state index contributed by atoms with van der Waals surface area (Å²) in [7, 11) is 0. The van der Waals surface area contributed by atoms with Crippen LogP contribution in [0.3, 0.4) is 0 Å². The highest BCUT2D eigenvalue weighted by molar-refractivity contribution is 5.81. The highest BCUT2D eigenvalue weighted by Gasteiger charge is 2.32. The fourth-order valence-electron chi connectivity index (χ4n) is 2.35. The Kier molecular flexibility index (Phi) is 4.35. The maximum absolute atomic E-state index is 12.5. The first-order chi connectivity index (χ1) is 10.1. The summed E-state index contributed by atoms with van der Waals surface area (Å²) in [5, 5.41) is 0. The topological polar surface area (TPSA) is 36.4 Å². The maximum atomic E-state index is 12.5. The van der Waals surface area contributed by atoms with Crippen LogP contribution in [0.5, 0.6) is 0 Å². The van der Waals surface area contributed by atoms with E-state index in [0.717, 1.165) is 12.3 Å². The molecule has 0 saturated carbocycles. The van der Waals surface area contributed by atoms with Gasteiger partial charge in [-0.25, -0.2) is 4.98 Å². The summed E-state index contributed by atoms with van der Waals surface area (Å²) >= 11 is 0. The average molecular weight is 315 g/mol. The Labute approximate surface area is 127 Å². The molecule has 0 bridgehead atoms. The molecule has 122 valence electrons. The molecule has 0 atom stereocenters. The number of carbonyl (C=O) groups excluding carboxylic acids is 1. The van der Waals surface area contributed by atoms with Crippen molar-refractivity contribution < 1.29 is 18.0 Å². The number of piperazine rings is 1. The molecule has 7 heteroatoms. The van der Waals surface area contributed by atoms with Crippen molar-refractivity contribution in [2.75, 3.05) is 31.1 Å². The second-order valence-electron chi connectivity index (χ2n) is 6.43. The normalized spacial score (nSPS) is 16.8. The minimum Gasteiger partial charge on any atom is -0.353 e. The van der Waals surface area contributed by atoms with E-state index in [0.29, 0.717) is 32.0 Å². The number of rotatable bonds is 1. The van der Waals surface area contributed by atoms with E-state index in [9.17, 15) is 18.0 Å². The van der Waals surface area contributed by atoms with Crippen LogP contribution < -0.4 is 4.90 Å². The molecule has 22 heavy (non-hydrogen) atoms. The third-order valence-corrected chi connectivity index (χ3v) is 3.61. The first-order valence-corrected chi connectivity index (χ1v) is 7.16. The Morgan fingerprint density at radius 2 is 1.68 bits per heavy atom. The number of aromatic nitrogens is 1. The zero-order chi connectivity index (χ0) is 16.5. The number of carbonyl (C=O) groups is 1. The molecule has 1 aliphatic heterocycles. The Morgan fingerprint density at radius 1 is 1.09 bits per heavy atom. The van der Waals surface area contributed by atoms with E-state index in [1.807, 2.05) is 25.7 Å². The minimum atomic E-state index is -4.37. The lowest BCUT2D eigenvalue weighted by Crippen LogP contribution is -2.51. The molecule has 1 amide bonds. The van der Waals surface area contributed by atoms with Gasteiger partial charge in [0.25, 0.3) is 0 Å². The predicted octanol–water partition coefficient (Wildman–Crippen LogP) is 2.80. The fraction of sp³-hybridized carbons (Fsp3) is 0.600. The molecule has 1 fully saturated rings. The molecule has 4 nitrogen and oxygen atoms in total. The van der Waals surface area contributed by atoms with Gasteiger partial charge < -0.3 is 9.80 Å². The van der Waals surface area contributed by atoms with Gasteiger partial charge in [-0.05, 0) is 12.1 Å². The number of nitrogens with zero attached hydrogens (tertiary/aromatic N) is 3. The van der Waals surface area contributed by atoms with Gasteiger partial charge in [0, 0.05) is 37.8 Å².